The third-order valence-electron chi connectivity index (χ3n) is 5.42. The molecule has 8 heteroatoms. The van der Waals surface area contributed by atoms with Gasteiger partial charge in [-0.15, -0.1) is 0 Å². The zero-order chi connectivity index (χ0) is 23.1. The summed E-state index contributed by atoms with van der Waals surface area (Å²) >= 11 is 15.7. The first-order valence-corrected chi connectivity index (χ1v) is 11.6. The Kier molecular flexibility index (Phi) is 6.10. The van der Waals surface area contributed by atoms with Crippen LogP contribution in [0.25, 0.3) is 6.08 Å². The number of hydrogen-bond acceptors (Lipinski definition) is 5. The molecule has 5 nitrogen and oxygen atoms in total. The number of Topliss-reactive ketones (excluding diaryl/α,β-unsaturated/α-hetero) is 1. The van der Waals surface area contributed by atoms with E-state index in [9.17, 15) is 4.79 Å². The van der Waals surface area contributed by atoms with Crippen LogP contribution in [0.4, 0.5) is 0 Å². The molecule has 33 heavy (non-hydrogen) atoms. The number of allylic oxidation sites excluding steroid dienone is 1. The minimum Gasteiger partial charge on any atom is -0.488 e. The van der Waals surface area contributed by atoms with E-state index in [1.54, 1.807) is 36.4 Å². The van der Waals surface area contributed by atoms with Gasteiger partial charge in [-0.1, -0.05) is 45.2 Å². The van der Waals surface area contributed by atoms with Crippen LogP contribution in [0.2, 0.25) is 10.0 Å². The number of fused-ring (bicyclic) bond motifs is 2. The maximum absolute atomic E-state index is 12.9. The Morgan fingerprint density at radius 3 is 2.79 bits per heavy atom. The lowest BCUT2D eigenvalue weighted by molar-refractivity contribution is -0.0176. The maximum Gasteiger partial charge on any atom is 0.231 e. The number of benzene rings is 3. The van der Waals surface area contributed by atoms with Gasteiger partial charge in [0.15, 0.2) is 12.6 Å². The summed E-state index contributed by atoms with van der Waals surface area (Å²) in [6.07, 6.45) is 1.62. The molecule has 0 unspecified atom stereocenters. The van der Waals surface area contributed by atoms with E-state index in [0.717, 1.165) is 26.9 Å². The van der Waals surface area contributed by atoms with Gasteiger partial charge in [0.05, 0.1) is 12.2 Å². The van der Waals surface area contributed by atoms with Gasteiger partial charge in [-0.05, 0) is 55.0 Å². The van der Waals surface area contributed by atoms with Gasteiger partial charge in [-0.2, -0.15) is 0 Å². The zero-order valence-corrected chi connectivity index (χ0v) is 20.5. The Hall–Kier alpha value is -2.51. The molecule has 0 aromatic heterocycles. The second kappa shape index (κ2) is 9.03. The largest absolute Gasteiger partial charge is 0.488 e. The average Bonchev–Trinajstić information content (AvgIpc) is 3.11. The number of carbonyl (C=O) groups excluding carboxylic acids is 1. The number of ketones is 1. The van der Waals surface area contributed by atoms with Crippen LogP contribution in [0.15, 0.2) is 52.7 Å². The zero-order valence-electron chi connectivity index (χ0n) is 17.4. The molecule has 5 rings (SSSR count). The highest BCUT2D eigenvalue weighted by molar-refractivity contribution is 9.10. The van der Waals surface area contributed by atoms with Gasteiger partial charge in [0.2, 0.25) is 5.78 Å². The summed E-state index contributed by atoms with van der Waals surface area (Å²) in [5.41, 5.74) is 3.73. The third kappa shape index (κ3) is 4.36. The first kappa shape index (κ1) is 22.3. The molecule has 0 atom stereocenters. The van der Waals surface area contributed by atoms with E-state index < -0.39 is 0 Å². The minimum atomic E-state index is -0.208. The van der Waals surface area contributed by atoms with Crippen LogP contribution in [0, 0.1) is 6.92 Å². The Morgan fingerprint density at radius 2 is 1.97 bits per heavy atom. The Bertz CT molecular complexity index is 1320. The van der Waals surface area contributed by atoms with Crippen molar-refractivity contribution >= 4 is 51.0 Å². The second-order valence-electron chi connectivity index (χ2n) is 7.62. The van der Waals surface area contributed by atoms with Crippen LogP contribution in [0.1, 0.15) is 32.6 Å². The summed E-state index contributed by atoms with van der Waals surface area (Å²) in [4.78, 5) is 12.9. The average molecular weight is 548 g/mol. The lowest BCUT2D eigenvalue weighted by Crippen LogP contribution is -2.14. The van der Waals surface area contributed by atoms with Crippen molar-refractivity contribution in [1.82, 2.24) is 0 Å². The standard InChI is InChI=1S/C25H17BrCl2O5/c1-13-21(31-11-16-7-17(26)6-15-10-30-12-32-25(15)16)5-4-19-23(29)22(33-24(13)19)8-14-2-3-18(27)9-20(14)28/h2-9H,10-12H2,1H3/b22-8-. The molecule has 0 saturated heterocycles. The van der Waals surface area contributed by atoms with Gasteiger partial charge in [0.1, 0.15) is 23.9 Å². The van der Waals surface area contributed by atoms with Crippen LogP contribution in [-0.4, -0.2) is 12.6 Å². The molecule has 0 radical (unpaired) electrons. The van der Waals surface area contributed by atoms with Gasteiger partial charge in [-0.3, -0.25) is 4.79 Å². The molecule has 168 valence electrons. The lowest BCUT2D eigenvalue weighted by atomic mass is 10.1. The Labute approximate surface area is 208 Å². The highest BCUT2D eigenvalue weighted by Gasteiger charge is 2.30. The normalized spacial score (nSPS) is 15.6. The van der Waals surface area contributed by atoms with Crippen molar-refractivity contribution in [2.24, 2.45) is 0 Å². The molecule has 3 aromatic rings. The van der Waals surface area contributed by atoms with E-state index in [4.69, 9.17) is 42.1 Å². The molecular formula is C25H17BrCl2O5. The van der Waals surface area contributed by atoms with E-state index in [2.05, 4.69) is 15.9 Å². The first-order valence-electron chi connectivity index (χ1n) is 10.1. The van der Waals surface area contributed by atoms with Gasteiger partial charge in [-0.25, -0.2) is 0 Å². The van der Waals surface area contributed by atoms with E-state index in [1.807, 2.05) is 19.1 Å². The van der Waals surface area contributed by atoms with Gasteiger partial charge in [0.25, 0.3) is 0 Å². The molecule has 2 aliphatic rings. The van der Waals surface area contributed by atoms with Crippen molar-refractivity contribution in [3.8, 4) is 17.2 Å². The predicted octanol–water partition coefficient (Wildman–Crippen LogP) is 7.13. The van der Waals surface area contributed by atoms with Crippen molar-refractivity contribution < 1.29 is 23.7 Å². The third-order valence-corrected chi connectivity index (χ3v) is 6.44. The van der Waals surface area contributed by atoms with E-state index in [-0.39, 0.29) is 18.3 Å². The fourth-order valence-corrected chi connectivity index (χ4v) is 4.82. The van der Waals surface area contributed by atoms with E-state index in [0.29, 0.717) is 45.9 Å². The van der Waals surface area contributed by atoms with Crippen molar-refractivity contribution in [2.75, 3.05) is 6.79 Å². The summed E-state index contributed by atoms with van der Waals surface area (Å²) in [6, 6.07) is 12.5. The van der Waals surface area contributed by atoms with Crippen molar-refractivity contribution in [1.29, 1.82) is 0 Å². The molecule has 2 heterocycles. The SMILES string of the molecule is Cc1c(OCc2cc(Br)cc3c2OCOC3)ccc2c1O/C(=C\c1ccc(Cl)cc1Cl)C2=O. The first-order chi connectivity index (χ1) is 15.9. The quantitative estimate of drug-likeness (QED) is 0.325. The van der Waals surface area contributed by atoms with Crippen LogP contribution in [-0.2, 0) is 18.0 Å². The van der Waals surface area contributed by atoms with Crippen LogP contribution in [0.5, 0.6) is 17.2 Å². The maximum atomic E-state index is 12.9. The number of carbonyl (C=O) groups is 1. The molecule has 2 aliphatic heterocycles. The van der Waals surface area contributed by atoms with Crippen LogP contribution in [0.3, 0.4) is 0 Å². The van der Waals surface area contributed by atoms with Crippen LogP contribution < -0.4 is 14.2 Å². The Morgan fingerprint density at radius 1 is 1.12 bits per heavy atom. The van der Waals surface area contributed by atoms with Gasteiger partial charge >= 0.3 is 0 Å². The summed E-state index contributed by atoms with van der Waals surface area (Å²) in [5.74, 6) is 1.87. The van der Waals surface area contributed by atoms with Gasteiger partial charge in [0, 0.05) is 31.2 Å². The fourth-order valence-electron chi connectivity index (χ4n) is 3.80. The number of hydrogen-bond donors (Lipinski definition) is 0. The van der Waals surface area contributed by atoms with Crippen molar-refractivity contribution in [3.63, 3.8) is 0 Å². The predicted molar refractivity (Wildman–Crippen MR) is 129 cm³/mol. The second-order valence-corrected chi connectivity index (χ2v) is 9.38. The highest BCUT2D eigenvalue weighted by Crippen LogP contribution is 2.40. The summed E-state index contributed by atoms with van der Waals surface area (Å²) in [7, 11) is 0. The number of ether oxygens (including phenoxy) is 4. The molecule has 0 fully saturated rings. The number of halogens is 3. The molecular weight excluding hydrogens is 531 g/mol. The topological polar surface area (TPSA) is 54.0 Å². The summed E-state index contributed by atoms with van der Waals surface area (Å²) in [5, 5.41) is 0.958. The smallest absolute Gasteiger partial charge is 0.231 e. The molecule has 0 amide bonds. The Balaban J connectivity index is 1.40. The minimum absolute atomic E-state index is 0.198. The monoisotopic (exact) mass is 546 g/mol. The molecule has 0 spiro atoms. The highest BCUT2D eigenvalue weighted by atomic mass is 79.9. The lowest BCUT2D eigenvalue weighted by Gasteiger charge is -2.21. The molecule has 0 saturated carbocycles. The number of rotatable bonds is 4. The summed E-state index contributed by atoms with van der Waals surface area (Å²) < 4.78 is 24.0. The van der Waals surface area contributed by atoms with Gasteiger partial charge < -0.3 is 18.9 Å². The van der Waals surface area contributed by atoms with E-state index >= 15 is 0 Å². The van der Waals surface area contributed by atoms with Crippen molar-refractivity contribution in [3.05, 3.63) is 90.6 Å². The van der Waals surface area contributed by atoms with E-state index in [1.165, 1.54) is 0 Å². The molecule has 0 N–H and O–H groups in total. The van der Waals surface area contributed by atoms with Crippen LogP contribution >= 0.6 is 39.1 Å². The fraction of sp³-hybridized carbons (Fsp3) is 0.160. The van der Waals surface area contributed by atoms with Crippen molar-refractivity contribution in [2.45, 2.75) is 20.1 Å². The molecule has 0 aliphatic carbocycles. The summed E-state index contributed by atoms with van der Waals surface area (Å²) in [6.45, 7) is 2.85. The molecule has 0 bridgehead atoms. The molecule has 3 aromatic carbocycles.